The summed E-state index contributed by atoms with van der Waals surface area (Å²) in [5.74, 6) is -1.24. The highest BCUT2D eigenvalue weighted by Crippen LogP contribution is 2.27. The van der Waals surface area contributed by atoms with Crippen molar-refractivity contribution in [3.63, 3.8) is 0 Å². The smallest absolute Gasteiger partial charge is 0.337 e. The number of nitrogens with zero attached hydrogens (tertiary/aromatic N) is 2. The van der Waals surface area contributed by atoms with Crippen LogP contribution < -0.4 is 10.1 Å². The molecule has 1 atom stereocenters. The molecule has 29 heavy (non-hydrogen) atoms. The number of aromatic nitrogens is 1. The van der Waals surface area contributed by atoms with Crippen LogP contribution in [0.25, 0.3) is 0 Å². The fourth-order valence-electron chi connectivity index (χ4n) is 3.47. The Bertz CT molecular complexity index is 973. The summed E-state index contributed by atoms with van der Waals surface area (Å²) >= 11 is 0. The second kappa shape index (κ2) is 8.30. The van der Waals surface area contributed by atoms with Crippen molar-refractivity contribution in [3.05, 3.63) is 52.8 Å². The van der Waals surface area contributed by atoms with E-state index >= 15 is 0 Å². The Kier molecular flexibility index (Phi) is 5.81. The lowest BCUT2D eigenvalue weighted by Gasteiger charge is -2.24. The van der Waals surface area contributed by atoms with Crippen molar-refractivity contribution in [1.82, 2.24) is 9.88 Å². The fourth-order valence-corrected chi connectivity index (χ4v) is 3.47. The molecule has 8 heteroatoms. The van der Waals surface area contributed by atoms with Crippen molar-refractivity contribution < 1.29 is 24.2 Å². The number of carboxylic acid groups (broad SMARTS) is 1. The molecule has 2 N–H and O–H groups in total. The van der Waals surface area contributed by atoms with Crippen LogP contribution in [0.5, 0.6) is 5.75 Å². The Hall–Kier alpha value is -3.42. The lowest BCUT2D eigenvalue weighted by molar-refractivity contribution is -0.119. The van der Waals surface area contributed by atoms with Crippen molar-refractivity contribution in [1.29, 1.82) is 0 Å². The minimum Gasteiger partial charge on any atom is -0.495 e. The van der Waals surface area contributed by atoms with E-state index in [1.807, 2.05) is 19.1 Å². The molecule has 0 aliphatic carbocycles. The van der Waals surface area contributed by atoms with E-state index in [1.165, 1.54) is 24.1 Å². The fraction of sp³-hybridized carbons (Fsp3) is 0.333. The first kappa shape index (κ1) is 20.3. The predicted octanol–water partition coefficient (Wildman–Crippen LogP) is 2.65. The summed E-state index contributed by atoms with van der Waals surface area (Å²) in [7, 11) is 1.53. The summed E-state index contributed by atoms with van der Waals surface area (Å²) in [6, 6.07) is 7.59. The summed E-state index contributed by atoms with van der Waals surface area (Å²) in [6.07, 6.45) is 1.23. The number of carboxylic acids is 1. The number of benzene rings is 1. The van der Waals surface area contributed by atoms with Crippen molar-refractivity contribution in [2.45, 2.75) is 32.7 Å². The number of ether oxygens (including phenoxy) is 1. The summed E-state index contributed by atoms with van der Waals surface area (Å²) in [6.45, 7) is 3.89. The number of hydrogen-bond acceptors (Lipinski definition) is 5. The minimum absolute atomic E-state index is 0.0452. The molecular weight excluding hydrogens is 374 g/mol. The van der Waals surface area contributed by atoms with Gasteiger partial charge in [-0.1, -0.05) is 6.07 Å². The largest absolute Gasteiger partial charge is 0.495 e. The number of carbonyl (C=O) groups excluding carboxylic acids is 2. The SMILES string of the molecule is COc1ccc(C)cc1NC(=O)C1CCCN1C(=O)c1ccc(C(=O)O)c(C)n1. The number of aromatic carboxylic acids is 1. The monoisotopic (exact) mass is 397 g/mol. The predicted molar refractivity (Wildman–Crippen MR) is 106 cm³/mol. The van der Waals surface area contributed by atoms with Gasteiger partial charge in [0.1, 0.15) is 17.5 Å². The lowest BCUT2D eigenvalue weighted by Crippen LogP contribution is -2.43. The molecule has 1 aromatic carbocycles. The maximum atomic E-state index is 12.9. The zero-order valence-corrected chi connectivity index (χ0v) is 16.6. The van der Waals surface area contributed by atoms with Crippen LogP contribution >= 0.6 is 0 Å². The van der Waals surface area contributed by atoms with Gasteiger partial charge in [-0.05, 0) is 56.5 Å². The van der Waals surface area contributed by atoms with Crippen LogP contribution in [0, 0.1) is 13.8 Å². The summed E-state index contributed by atoms with van der Waals surface area (Å²) in [5, 5.41) is 12.0. The highest BCUT2D eigenvalue weighted by molar-refractivity contribution is 6.01. The number of aryl methyl sites for hydroxylation is 2. The number of pyridine rings is 1. The second-order valence-corrected chi connectivity index (χ2v) is 6.98. The maximum Gasteiger partial charge on any atom is 0.337 e. The second-order valence-electron chi connectivity index (χ2n) is 6.98. The maximum absolute atomic E-state index is 12.9. The molecule has 1 saturated heterocycles. The van der Waals surface area contributed by atoms with Crippen LogP contribution in [0.2, 0.25) is 0 Å². The van der Waals surface area contributed by atoms with Crippen LogP contribution in [-0.4, -0.2) is 52.5 Å². The molecule has 2 amide bonds. The molecule has 0 spiro atoms. The molecule has 0 radical (unpaired) electrons. The van der Waals surface area contributed by atoms with Crippen molar-refractivity contribution in [2.75, 3.05) is 19.0 Å². The Balaban J connectivity index is 1.80. The summed E-state index contributed by atoms with van der Waals surface area (Å²) < 4.78 is 5.30. The van der Waals surface area contributed by atoms with Gasteiger partial charge < -0.3 is 20.1 Å². The Morgan fingerprint density at radius 2 is 1.97 bits per heavy atom. The first-order chi connectivity index (χ1) is 13.8. The Morgan fingerprint density at radius 1 is 1.21 bits per heavy atom. The average molecular weight is 397 g/mol. The molecule has 1 unspecified atom stereocenters. The van der Waals surface area contributed by atoms with E-state index in [1.54, 1.807) is 13.0 Å². The molecule has 1 fully saturated rings. The van der Waals surface area contributed by atoms with Gasteiger partial charge in [-0.15, -0.1) is 0 Å². The lowest BCUT2D eigenvalue weighted by atomic mass is 10.1. The van der Waals surface area contributed by atoms with Gasteiger partial charge in [-0.25, -0.2) is 9.78 Å². The van der Waals surface area contributed by atoms with E-state index in [0.29, 0.717) is 30.8 Å². The van der Waals surface area contributed by atoms with Gasteiger partial charge in [-0.2, -0.15) is 0 Å². The molecule has 1 aliphatic heterocycles. The molecule has 1 aliphatic rings. The number of anilines is 1. The quantitative estimate of drug-likeness (QED) is 0.803. The van der Waals surface area contributed by atoms with Gasteiger partial charge in [0.05, 0.1) is 24.1 Å². The molecule has 2 aromatic rings. The number of carbonyl (C=O) groups is 3. The van der Waals surface area contributed by atoms with Crippen LogP contribution in [0.15, 0.2) is 30.3 Å². The zero-order valence-electron chi connectivity index (χ0n) is 16.6. The van der Waals surface area contributed by atoms with Gasteiger partial charge in [0.25, 0.3) is 5.91 Å². The average Bonchev–Trinajstić information content (AvgIpc) is 3.17. The first-order valence-corrected chi connectivity index (χ1v) is 9.29. The van der Waals surface area contributed by atoms with E-state index in [2.05, 4.69) is 10.3 Å². The van der Waals surface area contributed by atoms with Crippen molar-refractivity contribution in [2.24, 2.45) is 0 Å². The highest BCUT2D eigenvalue weighted by atomic mass is 16.5. The third-order valence-electron chi connectivity index (χ3n) is 4.96. The van der Waals surface area contributed by atoms with Gasteiger partial charge in [0.2, 0.25) is 5.91 Å². The van der Waals surface area contributed by atoms with E-state index in [0.717, 1.165) is 5.56 Å². The molecule has 3 rings (SSSR count). The van der Waals surface area contributed by atoms with Gasteiger partial charge in [0, 0.05) is 6.54 Å². The number of hydrogen-bond donors (Lipinski definition) is 2. The molecule has 8 nitrogen and oxygen atoms in total. The van der Waals surface area contributed by atoms with Gasteiger partial charge >= 0.3 is 5.97 Å². The number of likely N-dealkylation sites (tertiary alicyclic amines) is 1. The first-order valence-electron chi connectivity index (χ1n) is 9.29. The van der Waals surface area contributed by atoms with Crippen LogP contribution in [-0.2, 0) is 4.79 Å². The highest BCUT2D eigenvalue weighted by Gasteiger charge is 2.35. The Morgan fingerprint density at radius 3 is 2.62 bits per heavy atom. The van der Waals surface area contributed by atoms with Gasteiger partial charge in [-0.3, -0.25) is 9.59 Å². The topological polar surface area (TPSA) is 109 Å². The Labute approximate surface area is 168 Å². The van der Waals surface area contributed by atoms with E-state index in [4.69, 9.17) is 9.84 Å². The van der Waals surface area contributed by atoms with Crippen molar-refractivity contribution in [3.8, 4) is 5.75 Å². The number of nitrogens with one attached hydrogen (secondary N) is 1. The third-order valence-corrected chi connectivity index (χ3v) is 4.96. The number of amides is 2. The molecular formula is C21H23N3O5. The standard InChI is InChI=1S/C21H23N3O5/c1-12-6-9-18(29-3)16(11-12)23-19(25)17-5-4-10-24(17)20(26)15-8-7-14(21(27)28)13(2)22-15/h6-9,11,17H,4-5,10H2,1-3H3,(H,23,25)(H,27,28). The minimum atomic E-state index is -1.10. The van der Waals surface area contributed by atoms with E-state index < -0.39 is 12.0 Å². The molecule has 2 heterocycles. The van der Waals surface area contributed by atoms with Crippen molar-refractivity contribution >= 4 is 23.5 Å². The van der Waals surface area contributed by atoms with Gasteiger partial charge in [0.15, 0.2) is 0 Å². The normalized spacial score (nSPS) is 15.8. The van der Waals surface area contributed by atoms with Crippen LogP contribution in [0.1, 0.15) is 44.9 Å². The number of rotatable bonds is 5. The molecule has 1 aromatic heterocycles. The summed E-state index contributed by atoms with van der Waals surface area (Å²) in [5.41, 5.74) is 1.95. The molecule has 152 valence electrons. The number of methoxy groups -OCH3 is 1. The molecule has 0 bridgehead atoms. The van der Waals surface area contributed by atoms with E-state index in [9.17, 15) is 14.4 Å². The third kappa shape index (κ3) is 4.21. The van der Waals surface area contributed by atoms with E-state index in [-0.39, 0.29) is 28.8 Å². The molecule has 0 saturated carbocycles. The zero-order chi connectivity index (χ0) is 21.1. The summed E-state index contributed by atoms with van der Waals surface area (Å²) in [4.78, 5) is 42.6. The van der Waals surface area contributed by atoms with Crippen LogP contribution in [0.4, 0.5) is 5.69 Å². The van der Waals surface area contributed by atoms with Crippen LogP contribution in [0.3, 0.4) is 0 Å².